The van der Waals surface area contributed by atoms with Gasteiger partial charge in [0.15, 0.2) is 11.6 Å². The minimum Gasteiger partial charge on any atom is -0.354 e. The topological polar surface area (TPSA) is 58.2 Å². The predicted octanol–water partition coefficient (Wildman–Crippen LogP) is 2.92. The van der Waals surface area contributed by atoms with Crippen molar-refractivity contribution >= 4 is 11.8 Å². The minimum absolute atomic E-state index is 0.0166. The second-order valence-corrected chi connectivity index (χ2v) is 6.42. The molecule has 1 aromatic rings. The first-order valence-electron chi connectivity index (χ1n) is 8.04. The molecule has 2 atom stereocenters. The summed E-state index contributed by atoms with van der Waals surface area (Å²) in [6, 6.07) is 0.987. The quantitative estimate of drug-likeness (QED) is 0.827. The van der Waals surface area contributed by atoms with E-state index < -0.39 is 28.9 Å². The molecule has 2 N–H and O–H groups in total. The third-order valence-corrected chi connectivity index (χ3v) is 4.08. The Balaban J connectivity index is 2.04. The van der Waals surface area contributed by atoms with Crippen molar-refractivity contribution in [3.05, 3.63) is 35.1 Å². The molecule has 0 heterocycles. The van der Waals surface area contributed by atoms with Gasteiger partial charge in [0.1, 0.15) is 11.4 Å². The van der Waals surface area contributed by atoms with Crippen LogP contribution in [0.25, 0.3) is 0 Å². The first-order valence-corrected chi connectivity index (χ1v) is 8.04. The van der Waals surface area contributed by atoms with Gasteiger partial charge < -0.3 is 10.6 Å². The third kappa shape index (κ3) is 4.27. The van der Waals surface area contributed by atoms with Crippen molar-refractivity contribution in [2.75, 3.05) is 0 Å². The van der Waals surface area contributed by atoms with Gasteiger partial charge >= 0.3 is 0 Å². The lowest BCUT2D eigenvalue weighted by molar-refractivity contribution is -0.126. The number of hydrogen-bond donors (Lipinski definition) is 2. The van der Waals surface area contributed by atoms with Crippen LogP contribution in [0.15, 0.2) is 12.1 Å². The van der Waals surface area contributed by atoms with Crippen molar-refractivity contribution in [1.82, 2.24) is 10.6 Å². The molecule has 0 bridgehead atoms. The van der Waals surface area contributed by atoms with Gasteiger partial charge in [0.05, 0.1) is 0 Å². The van der Waals surface area contributed by atoms with Crippen LogP contribution in [0, 0.1) is 23.4 Å². The highest BCUT2D eigenvalue weighted by Gasteiger charge is 2.30. The molecule has 2 amide bonds. The molecule has 1 aliphatic rings. The van der Waals surface area contributed by atoms with Crippen LogP contribution in [-0.4, -0.2) is 23.9 Å². The van der Waals surface area contributed by atoms with Crippen LogP contribution in [0.2, 0.25) is 0 Å². The molecule has 0 saturated heterocycles. The number of rotatable bonds is 4. The van der Waals surface area contributed by atoms with Crippen LogP contribution in [-0.2, 0) is 4.79 Å². The summed E-state index contributed by atoms with van der Waals surface area (Å²) < 4.78 is 40.5. The number of carbonyl (C=O) groups is 2. The second-order valence-electron chi connectivity index (χ2n) is 6.42. The molecule has 1 aliphatic carbocycles. The zero-order valence-electron chi connectivity index (χ0n) is 13.7. The fourth-order valence-corrected chi connectivity index (χ4v) is 2.95. The van der Waals surface area contributed by atoms with Gasteiger partial charge in [-0.1, -0.05) is 6.42 Å². The standard InChI is InChI=1S/C17H21F3N2O2/c1-9(2)21-16(23)10-4-3-5-11(8-10)22-17(24)14-12(18)6-7-13(19)15(14)20/h6-7,9-11H,3-5,8H2,1-2H3,(H,21,23)(H,22,24)/t10-,11-/m1/s1. The molecule has 1 fully saturated rings. The Morgan fingerprint density at radius 1 is 1.12 bits per heavy atom. The first kappa shape index (κ1) is 18.3. The van der Waals surface area contributed by atoms with Crippen molar-refractivity contribution in [3.63, 3.8) is 0 Å². The SMILES string of the molecule is CC(C)NC(=O)[C@@H]1CCC[C@@H](NC(=O)c2c(F)ccc(F)c2F)C1. The third-order valence-electron chi connectivity index (χ3n) is 4.08. The van der Waals surface area contributed by atoms with E-state index in [0.29, 0.717) is 31.4 Å². The number of amides is 2. The van der Waals surface area contributed by atoms with Crippen LogP contribution >= 0.6 is 0 Å². The molecular weight excluding hydrogens is 321 g/mol. The van der Waals surface area contributed by atoms with E-state index in [4.69, 9.17) is 0 Å². The van der Waals surface area contributed by atoms with E-state index in [1.54, 1.807) is 0 Å². The van der Waals surface area contributed by atoms with E-state index in [1.807, 2.05) is 13.8 Å². The van der Waals surface area contributed by atoms with Crippen molar-refractivity contribution in [2.24, 2.45) is 5.92 Å². The van der Waals surface area contributed by atoms with Gasteiger partial charge in [-0.15, -0.1) is 0 Å². The van der Waals surface area contributed by atoms with Gasteiger partial charge in [0.25, 0.3) is 5.91 Å². The van der Waals surface area contributed by atoms with Gasteiger partial charge in [-0.3, -0.25) is 9.59 Å². The molecule has 24 heavy (non-hydrogen) atoms. The molecule has 7 heteroatoms. The zero-order chi connectivity index (χ0) is 17.9. The largest absolute Gasteiger partial charge is 0.354 e. The van der Waals surface area contributed by atoms with Crippen molar-refractivity contribution in [2.45, 2.75) is 51.6 Å². The Labute approximate surface area is 138 Å². The molecule has 1 saturated carbocycles. The molecule has 0 aliphatic heterocycles. The number of benzene rings is 1. The first-order chi connectivity index (χ1) is 11.3. The van der Waals surface area contributed by atoms with Crippen LogP contribution in [0.4, 0.5) is 13.2 Å². The van der Waals surface area contributed by atoms with Crippen molar-refractivity contribution in [3.8, 4) is 0 Å². The predicted molar refractivity (Wildman–Crippen MR) is 82.8 cm³/mol. The minimum atomic E-state index is -1.50. The maximum absolute atomic E-state index is 13.7. The summed E-state index contributed by atoms with van der Waals surface area (Å²) in [5.74, 6) is -5.24. The van der Waals surface area contributed by atoms with E-state index in [2.05, 4.69) is 10.6 Å². The summed E-state index contributed by atoms with van der Waals surface area (Å²) in [6.45, 7) is 3.71. The molecule has 0 radical (unpaired) electrons. The van der Waals surface area contributed by atoms with E-state index in [9.17, 15) is 22.8 Å². The van der Waals surface area contributed by atoms with Gasteiger partial charge in [-0.25, -0.2) is 13.2 Å². The highest BCUT2D eigenvalue weighted by molar-refractivity contribution is 5.95. The Morgan fingerprint density at radius 3 is 2.46 bits per heavy atom. The maximum Gasteiger partial charge on any atom is 0.257 e. The highest BCUT2D eigenvalue weighted by Crippen LogP contribution is 2.25. The Kier molecular flexibility index (Phi) is 5.85. The van der Waals surface area contributed by atoms with Gasteiger partial charge in [-0.2, -0.15) is 0 Å². The normalized spacial score (nSPS) is 20.8. The smallest absolute Gasteiger partial charge is 0.257 e. The number of halogens is 3. The number of hydrogen-bond acceptors (Lipinski definition) is 2. The van der Waals surface area contributed by atoms with Crippen LogP contribution in [0.3, 0.4) is 0 Å². The van der Waals surface area contributed by atoms with Crippen molar-refractivity contribution < 1.29 is 22.8 Å². The van der Waals surface area contributed by atoms with E-state index >= 15 is 0 Å². The average Bonchev–Trinajstić information content (AvgIpc) is 2.51. The van der Waals surface area contributed by atoms with E-state index in [-0.39, 0.29) is 23.9 Å². The number of nitrogens with one attached hydrogen (secondary N) is 2. The molecule has 1 aromatic carbocycles. The lowest BCUT2D eigenvalue weighted by Gasteiger charge is -2.29. The van der Waals surface area contributed by atoms with E-state index in [1.165, 1.54) is 0 Å². The second kappa shape index (κ2) is 7.68. The maximum atomic E-state index is 13.7. The number of carbonyl (C=O) groups excluding carboxylic acids is 2. The summed E-state index contributed by atoms with van der Waals surface area (Å²) >= 11 is 0. The lowest BCUT2D eigenvalue weighted by Crippen LogP contribution is -2.44. The monoisotopic (exact) mass is 342 g/mol. The lowest BCUT2D eigenvalue weighted by atomic mass is 9.85. The Hall–Kier alpha value is -2.05. The highest BCUT2D eigenvalue weighted by atomic mass is 19.2. The van der Waals surface area contributed by atoms with E-state index in [0.717, 1.165) is 6.42 Å². The Morgan fingerprint density at radius 2 is 1.79 bits per heavy atom. The summed E-state index contributed by atoms with van der Waals surface area (Å²) in [7, 11) is 0. The summed E-state index contributed by atoms with van der Waals surface area (Å²) in [4.78, 5) is 24.2. The average molecular weight is 342 g/mol. The molecular formula is C17H21F3N2O2. The van der Waals surface area contributed by atoms with Crippen LogP contribution in [0.1, 0.15) is 49.9 Å². The van der Waals surface area contributed by atoms with Crippen LogP contribution < -0.4 is 10.6 Å². The zero-order valence-corrected chi connectivity index (χ0v) is 13.7. The van der Waals surface area contributed by atoms with Crippen LogP contribution in [0.5, 0.6) is 0 Å². The summed E-state index contributed by atoms with van der Waals surface area (Å²) in [5, 5.41) is 5.34. The van der Waals surface area contributed by atoms with Crippen molar-refractivity contribution in [1.29, 1.82) is 0 Å². The molecule has 0 spiro atoms. The molecule has 0 aromatic heterocycles. The van der Waals surface area contributed by atoms with Gasteiger partial charge in [0.2, 0.25) is 5.91 Å². The molecule has 4 nitrogen and oxygen atoms in total. The molecule has 0 unspecified atom stereocenters. The fourth-order valence-electron chi connectivity index (χ4n) is 2.95. The van der Waals surface area contributed by atoms with Gasteiger partial charge in [-0.05, 0) is 45.2 Å². The summed E-state index contributed by atoms with van der Waals surface area (Å²) in [5.41, 5.74) is -0.927. The Bertz CT molecular complexity index is 635. The molecule has 2 rings (SSSR count). The fraction of sp³-hybridized carbons (Fsp3) is 0.529. The molecule has 132 valence electrons. The van der Waals surface area contributed by atoms with Gasteiger partial charge in [0, 0.05) is 18.0 Å². The summed E-state index contributed by atoms with van der Waals surface area (Å²) in [6.07, 6.45) is 2.42.